The zero-order chi connectivity index (χ0) is 15.2. The molecule has 3 heterocycles. The van der Waals surface area contributed by atoms with Crippen molar-refractivity contribution in [3.8, 4) is 0 Å². The van der Waals surface area contributed by atoms with Gasteiger partial charge in [0, 0.05) is 18.6 Å². The number of rotatable bonds is 2. The summed E-state index contributed by atoms with van der Waals surface area (Å²) < 4.78 is 7.15. The minimum absolute atomic E-state index is 0.0758. The summed E-state index contributed by atoms with van der Waals surface area (Å²) in [4.78, 5) is 26.1. The number of carbonyl (C=O) groups excluding carboxylic acids is 1. The molecule has 0 atom stereocenters. The van der Waals surface area contributed by atoms with Gasteiger partial charge in [0.2, 0.25) is 0 Å². The van der Waals surface area contributed by atoms with Crippen LogP contribution in [0.4, 0.5) is 0 Å². The lowest BCUT2D eigenvalue weighted by Crippen LogP contribution is -2.43. The highest BCUT2D eigenvalue weighted by Gasteiger charge is 2.38. The van der Waals surface area contributed by atoms with Crippen molar-refractivity contribution in [2.24, 2.45) is 0 Å². The average molecular weight is 292 g/mol. The second-order valence-electron chi connectivity index (χ2n) is 6.27. The number of carbonyl (C=O) groups is 2. The van der Waals surface area contributed by atoms with E-state index in [9.17, 15) is 14.7 Å². The summed E-state index contributed by atoms with van der Waals surface area (Å²) in [5.41, 5.74) is 1.07. The van der Waals surface area contributed by atoms with Crippen molar-refractivity contribution in [2.75, 3.05) is 13.2 Å². The summed E-state index contributed by atoms with van der Waals surface area (Å²) in [7, 11) is 0. The molecule has 3 rings (SSSR count). The molecule has 1 aromatic heterocycles. The number of hydrogen-bond donors (Lipinski definition) is 1. The Morgan fingerprint density at radius 2 is 2.10 bits per heavy atom. The van der Waals surface area contributed by atoms with Gasteiger partial charge in [0.1, 0.15) is 5.69 Å². The van der Waals surface area contributed by atoms with Crippen molar-refractivity contribution >= 4 is 11.9 Å². The van der Waals surface area contributed by atoms with Crippen LogP contribution in [0, 0.1) is 0 Å². The maximum atomic E-state index is 12.8. The summed E-state index contributed by atoms with van der Waals surface area (Å²) in [5, 5.41) is 9.31. The molecule has 1 amide bonds. The molecule has 1 saturated heterocycles. The van der Waals surface area contributed by atoms with Gasteiger partial charge in [-0.2, -0.15) is 0 Å². The number of ether oxygens (including phenoxy) is 1. The highest BCUT2D eigenvalue weighted by Crippen LogP contribution is 2.31. The second kappa shape index (κ2) is 4.87. The van der Waals surface area contributed by atoms with E-state index in [1.54, 1.807) is 0 Å². The first-order valence-electron chi connectivity index (χ1n) is 7.27. The van der Waals surface area contributed by atoms with Gasteiger partial charge in [-0.3, -0.25) is 4.79 Å². The lowest BCUT2D eigenvalue weighted by molar-refractivity contribution is 0.0596. The standard InChI is InChI=1S/C15H20N2O4/c1-15(2)4-3-5-17(15)13(18)11-8-10(14(19)20)12-9-21-7-6-16(11)12/h8H,3-7,9H2,1-2H3,(H,19,20). The molecule has 114 valence electrons. The van der Waals surface area contributed by atoms with Gasteiger partial charge in [0.15, 0.2) is 0 Å². The molecule has 1 aromatic rings. The first kappa shape index (κ1) is 14.1. The first-order valence-corrected chi connectivity index (χ1v) is 7.27. The normalized spacial score (nSPS) is 20.4. The molecular formula is C15H20N2O4. The fraction of sp³-hybridized carbons (Fsp3) is 0.600. The number of hydrogen-bond acceptors (Lipinski definition) is 3. The average Bonchev–Trinajstić information content (AvgIpc) is 2.98. The predicted octanol–water partition coefficient (Wildman–Crippen LogP) is 1.73. The SMILES string of the molecule is CC1(C)CCCN1C(=O)c1cc(C(=O)O)c2n1CCOC2. The quantitative estimate of drug-likeness (QED) is 0.901. The smallest absolute Gasteiger partial charge is 0.337 e. The first-order chi connectivity index (χ1) is 9.92. The van der Waals surface area contributed by atoms with Gasteiger partial charge in [-0.05, 0) is 32.8 Å². The molecule has 0 radical (unpaired) electrons. The van der Waals surface area contributed by atoms with Crippen molar-refractivity contribution in [1.29, 1.82) is 0 Å². The van der Waals surface area contributed by atoms with Crippen LogP contribution in [0.1, 0.15) is 53.2 Å². The molecule has 21 heavy (non-hydrogen) atoms. The third-order valence-corrected chi connectivity index (χ3v) is 4.50. The fourth-order valence-electron chi connectivity index (χ4n) is 3.31. The topological polar surface area (TPSA) is 71.8 Å². The Morgan fingerprint density at radius 3 is 2.71 bits per heavy atom. The van der Waals surface area contributed by atoms with Gasteiger partial charge in [-0.1, -0.05) is 0 Å². The summed E-state index contributed by atoms with van der Waals surface area (Å²) in [6.07, 6.45) is 1.96. The summed E-state index contributed by atoms with van der Waals surface area (Å²) >= 11 is 0. The summed E-state index contributed by atoms with van der Waals surface area (Å²) in [6.45, 7) is 6.12. The number of nitrogens with zero attached hydrogens (tertiary/aromatic N) is 2. The maximum absolute atomic E-state index is 12.8. The van der Waals surface area contributed by atoms with Gasteiger partial charge in [0.25, 0.3) is 5.91 Å². The van der Waals surface area contributed by atoms with Crippen molar-refractivity contribution in [3.05, 3.63) is 23.0 Å². The van der Waals surface area contributed by atoms with Gasteiger partial charge >= 0.3 is 5.97 Å². The number of carboxylic acid groups (broad SMARTS) is 1. The Bertz CT molecular complexity index is 603. The van der Waals surface area contributed by atoms with Gasteiger partial charge in [0.05, 0.1) is 24.5 Å². The summed E-state index contributed by atoms with van der Waals surface area (Å²) in [6, 6.07) is 1.50. The third-order valence-electron chi connectivity index (χ3n) is 4.50. The van der Waals surface area contributed by atoms with E-state index in [1.807, 2.05) is 9.47 Å². The Morgan fingerprint density at radius 1 is 1.33 bits per heavy atom. The van der Waals surface area contributed by atoms with E-state index in [-0.39, 0.29) is 23.6 Å². The number of fused-ring (bicyclic) bond motifs is 1. The molecule has 0 aliphatic carbocycles. The van der Waals surface area contributed by atoms with E-state index >= 15 is 0 Å². The molecule has 0 unspecified atom stereocenters. The van der Waals surface area contributed by atoms with Crippen LogP contribution in [0.3, 0.4) is 0 Å². The van der Waals surface area contributed by atoms with Gasteiger partial charge in [-0.25, -0.2) is 4.79 Å². The molecular weight excluding hydrogens is 272 g/mol. The van der Waals surface area contributed by atoms with E-state index < -0.39 is 5.97 Å². The lowest BCUT2D eigenvalue weighted by Gasteiger charge is -2.32. The van der Waals surface area contributed by atoms with E-state index in [2.05, 4.69) is 13.8 Å². The number of likely N-dealkylation sites (tertiary alicyclic amines) is 1. The van der Waals surface area contributed by atoms with E-state index in [0.717, 1.165) is 19.4 Å². The van der Waals surface area contributed by atoms with Gasteiger partial charge in [-0.15, -0.1) is 0 Å². The zero-order valence-electron chi connectivity index (χ0n) is 12.4. The van der Waals surface area contributed by atoms with Crippen LogP contribution in [0.2, 0.25) is 0 Å². The maximum Gasteiger partial charge on any atom is 0.337 e. The highest BCUT2D eigenvalue weighted by molar-refractivity contribution is 5.98. The highest BCUT2D eigenvalue weighted by atomic mass is 16.5. The van der Waals surface area contributed by atoms with Crippen LogP contribution in [0.5, 0.6) is 0 Å². The molecule has 0 spiro atoms. The Kier molecular flexibility index (Phi) is 3.28. The molecule has 0 bridgehead atoms. The molecule has 1 N–H and O–H groups in total. The van der Waals surface area contributed by atoms with E-state index in [4.69, 9.17) is 4.74 Å². The van der Waals surface area contributed by atoms with Crippen molar-refractivity contribution in [3.63, 3.8) is 0 Å². The molecule has 6 nitrogen and oxygen atoms in total. The molecule has 1 fully saturated rings. The van der Waals surface area contributed by atoms with E-state index in [1.165, 1.54) is 6.07 Å². The van der Waals surface area contributed by atoms with Crippen LogP contribution in [-0.2, 0) is 17.9 Å². The largest absolute Gasteiger partial charge is 0.478 e. The summed E-state index contributed by atoms with van der Waals surface area (Å²) in [5.74, 6) is -1.09. The number of aromatic carboxylic acids is 1. The van der Waals surface area contributed by atoms with Crippen LogP contribution >= 0.6 is 0 Å². The minimum Gasteiger partial charge on any atom is -0.478 e. The van der Waals surface area contributed by atoms with E-state index in [0.29, 0.717) is 24.5 Å². The zero-order valence-corrected chi connectivity index (χ0v) is 12.4. The Labute approximate surface area is 123 Å². The second-order valence-corrected chi connectivity index (χ2v) is 6.27. The van der Waals surface area contributed by atoms with Crippen molar-refractivity contribution in [1.82, 2.24) is 9.47 Å². The molecule has 2 aliphatic heterocycles. The molecule has 2 aliphatic rings. The lowest BCUT2D eigenvalue weighted by atomic mass is 10.0. The number of carboxylic acids is 1. The Balaban J connectivity index is 2.02. The molecule has 0 aromatic carbocycles. The van der Waals surface area contributed by atoms with Crippen molar-refractivity contribution < 1.29 is 19.4 Å². The molecule has 0 saturated carbocycles. The third kappa shape index (κ3) is 2.23. The van der Waals surface area contributed by atoms with Crippen molar-refractivity contribution in [2.45, 2.75) is 45.4 Å². The van der Waals surface area contributed by atoms with Crippen LogP contribution in [0.25, 0.3) is 0 Å². The predicted molar refractivity (Wildman–Crippen MR) is 75.4 cm³/mol. The Hall–Kier alpha value is -1.82. The number of amides is 1. The fourth-order valence-corrected chi connectivity index (χ4v) is 3.31. The monoisotopic (exact) mass is 292 g/mol. The number of aromatic nitrogens is 1. The van der Waals surface area contributed by atoms with Crippen LogP contribution in [-0.4, -0.2) is 45.1 Å². The van der Waals surface area contributed by atoms with Crippen LogP contribution < -0.4 is 0 Å². The minimum atomic E-state index is -1.01. The van der Waals surface area contributed by atoms with Gasteiger partial charge < -0.3 is 19.3 Å². The molecule has 6 heteroatoms. The van der Waals surface area contributed by atoms with Crippen LogP contribution in [0.15, 0.2) is 6.07 Å².